The summed E-state index contributed by atoms with van der Waals surface area (Å²) >= 11 is 6.05. The number of benzene rings is 2. The van der Waals surface area contributed by atoms with Crippen LogP contribution >= 0.6 is 11.6 Å². The molecule has 2 aromatic carbocycles. The minimum absolute atomic E-state index is 0.102. The molecule has 1 amide bonds. The summed E-state index contributed by atoms with van der Waals surface area (Å²) in [5.41, 5.74) is 0.759. The lowest BCUT2D eigenvalue weighted by Crippen LogP contribution is -2.43. The fraction of sp³-hybridized carbons (Fsp3) is 0.310. The van der Waals surface area contributed by atoms with E-state index in [1.165, 1.54) is 17.0 Å². The van der Waals surface area contributed by atoms with E-state index in [1.54, 1.807) is 32.9 Å². The van der Waals surface area contributed by atoms with Crippen molar-refractivity contribution in [3.8, 4) is 5.75 Å². The number of aryl methyl sites for hydroxylation is 1. The molecule has 0 radical (unpaired) electrons. The van der Waals surface area contributed by atoms with Crippen LogP contribution in [0.2, 0.25) is 0 Å². The van der Waals surface area contributed by atoms with E-state index >= 15 is 0 Å². The van der Waals surface area contributed by atoms with Crippen LogP contribution in [0, 0.1) is 5.82 Å². The third-order valence-electron chi connectivity index (χ3n) is 6.32. The van der Waals surface area contributed by atoms with Gasteiger partial charge in [-0.05, 0) is 95.0 Å². The normalized spacial score (nSPS) is 15.5. The lowest BCUT2D eigenvalue weighted by molar-refractivity contribution is -0.122. The molecule has 0 spiro atoms. The number of carboxylic acids is 1. The van der Waals surface area contributed by atoms with Crippen molar-refractivity contribution >= 4 is 29.2 Å². The molecule has 36 heavy (non-hydrogen) atoms. The van der Waals surface area contributed by atoms with Crippen molar-refractivity contribution in [2.45, 2.75) is 58.5 Å². The van der Waals surface area contributed by atoms with Gasteiger partial charge in [0.15, 0.2) is 0 Å². The summed E-state index contributed by atoms with van der Waals surface area (Å²) in [6.45, 7) is 12.9. The minimum Gasteiger partial charge on any atom is -0.488 e. The van der Waals surface area contributed by atoms with Crippen LogP contribution < -0.4 is 9.64 Å². The van der Waals surface area contributed by atoms with Crippen LogP contribution in [0.15, 0.2) is 71.9 Å². The van der Waals surface area contributed by atoms with Gasteiger partial charge in [0.05, 0.1) is 16.7 Å². The monoisotopic (exact) mass is 511 g/mol. The van der Waals surface area contributed by atoms with Crippen LogP contribution in [-0.2, 0) is 16.6 Å². The molecule has 5 nitrogen and oxygen atoms in total. The first-order valence-electron chi connectivity index (χ1n) is 11.6. The van der Waals surface area contributed by atoms with Gasteiger partial charge in [-0.25, -0.2) is 9.18 Å². The highest BCUT2D eigenvalue weighted by Crippen LogP contribution is 2.38. The Kier molecular flexibility index (Phi) is 7.79. The van der Waals surface area contributed by atoms with Gasteiger partial charge in [0.25, 0.3) is 0 Å². The maximum absolute atomic E-state index is 14.4. The van der Waals surface area contributed by atoms with E-state index < -0.39 is 17.2 Å². The number of carbonyl (C=O) groups is 2. The van der Waals surface area contributed by atoms with Crippen molar-refractivity contribution < 1.29 is 23.8 Å². The molecule has 0 aliphatic carbocycles. The molecule has 2 aromatic rings. The van der Waals surface area contributed by atoms with Crippen LogP contribution in [0.4, 0.5) is 10.1 Å². The number of aromatic carboxylic acids is 1. The molecule has 0 saturated heterocycles. The SMILES string of the molecule is C=C/C(Cl)=C\C=C(/C)N(C(=O)C(C)(C)c1ccc2c(c1)CCC(C)(C)O2)c1cc(F)cc(C(=O)O)c1. The molecule has 190 valence electrons. The van der Waals surface area contributed by atoms with Crippen molar-refractivity contribution in [1.29, 1.82) is 0 Å². The maximum Gasteiger partial charge on any atom is 0.335 e. The van der Waals surface area contributed by atoms with Gasteiger partial charge in [-0.2, -0.15) is 0 Å². The summed E-state index contributed by atoms with van der Waals surface area (Å²) in [7, 11) is 0. The second-order valence-corrected chi connectivity index (χ2v) is 10.5. The van der Waals surface area contributed by atoms with Crippen molar-refractivity contribution in [1.82, 2.24) is 0 Å². The first-order chi connectivity index (χ1) is 16.7. The maximum atomic E-state index is 14.4. The molecule has 1 heterocycles. The number of ether oxygens (including phenoxy) is 1. The van der Waals surface area contributed by atoms with Crippen LogP contribution in [0.25, 0.3) is 0 Å². The predicted molar refractivity (Wildman–Crippen MR) is 141 cm³/mol. The summed E-state index contributed by atoms with van der Waals surface area (Å²) in [5, 5.41) is 9.80. The third kappa shape index (κ3) is 5.88. The molecular weight excluding hydrogens is 481 g/mol. The van der Waals surface area contributed by atoms with Crippen LogP contribution in [0.3, 0.4) is 0 Å². The molecule has 0 saturated carbocycles. The second kappa shape index (κ2) is 10.3. The Morgan fingerprint density at radius 3 is 2.53 bits per heavy atom. The van der Waals surface area contributed by atoms with Gasteiger partial charge in [-0.15, -0.1) is 0 Å². The number of carbonyl (C=O) groups excluding carboxylic acids is 1. The highest BCUT2D eigenvalue weighted by atomic mass is 35.5. The largest absolute Gasteiger partial charge is 0.488 e. The molecule has 0 fully saturated rings. The van der Waals surface area contributed by atoms with E-state index in [1.807, 2.05) is 32.0 Å². The van der Waals surface area contributed by atoms with Crippen LogP contribution in [0.1, 0.15) is 62.5 Å². The summed E-state index contributed by atoms with van der Waals surface area (Å²) in [6.07, 6.45) is 6.28. The molecule has 0 bridgehead atoms. The molecule has 3 rings (SSSR count). The Hall–Kier alpha value is -3.38. The number of amides is 1. The average Bonchev–Trinajstić information content (AvgIpc) is 2.81. The molecule has 1 N–H and O–H groups in total. The Bertz CT molecular complexity index is 1280. The van der Waals surface area contributed by atoms with Crippen molar-refractivity contribution in [2.75, 3.05) is 4.90 Å². The summed E-state index contributed by atoms with van der Waals surface area (Å²) in [6, 6.07) is 9.04. The van der Waals surface area contributed by atoms with E-state index in [9.17, 15) is 19.1 Å². The van der Waals surface area contributed by atoms with Crippen molar-refractivity contribution in [3.05, 3.63) is 94.4 Å². The zero-order chi connectivity index (χ0) is 26.8. The summed E-state index contributed by atoms with van der Waals surface area (Å²) < 4.78 is 20.5. The molecule has 0 unspecified atom stereocenters. The lowest BCUT2D eigenvalue weighted by Gasteiger charge is -2.35. The van der Waals surface area contributed by atoms with E-state index in [-0.39, 0.29) is 22.8 Å². The van der Waals surface area contributed by atoms with Crippen molar-refractivity contribution in [2.24, 2.45) is 0 Å². The van der Waals surface area contributed by atoms with Crippen LogP contribution in [-0.4, -0.2) is 22.6 Å². The van der Waals surface area contributed by atoms with Gasteiger partial charge in [-0.3, -0.25) is 9.69 Å². The molecular formula is C29H31ClFNO4. The Balaban J connectivity index is 2.11. The number of rotatable bonds is 7. The molecule has 1 aliphatic rings. The smallest absolute Gasteiger partial charge is 0.335 e. The molecule has 0 atom stereocenters. The van der Waals surface area contributed by atoms with Gasteiger partial charge in [-0.1, -0.05) is 36.4 Å². The topological polar surface area (TPSA) is 66.8 Å². The van der Waals surface area contributed by atoms with E-state index in [0.29, 0.717) is 10.7 Å². The van der Waals surface area contributed by atoms with Gasteiger partial charge in [0.2, 0.25) is 5.91 Å². The third-order valence-corrected chi connectivity index (χ3v) is 6.60. The summed E-state index contributed by atoms with van der Waals surface area (Å²) in [5.74, 6) is -1.62. The van der Waals surface area contributed by atoms with E-state index in [2.05, 4.69) is 6.58 Å². The molecule has 7 heteroatoms. The van der Waals surface area contributed by atoms with Crippen LogP contribution in [0.5, 0.6) is 5.75 Å². The quantitative estimate of drug-likeness (QED) is 0.401. The first kappa shape index (κ1) is 27.2. The summed E-state index contributed by atoms with van der Waals surface area (Å²) in [4.78, 5) is 27.0. The number of anilines is 1. The second-order valence-electron chi connectivity index (χ2n) is 10.0. The van der Waals surface area contributed by atoms with E-state index in [0.717, 1.165) is 41.9 Å². The minimum atomic E-state index is -1.30. The number of nitrogens with zero attached hydrogens (tertiary/aromatic N) is 1. The number of hydrogen-bond donors (Lipinski definition) is 1. The molecule has 0 aromatic heterocycles. The average molecular weight is 512 g/mol. The van der Waals surface area contributed by atoms with Gasteiger partial charge in [0.1, 0.15) is 17.2 Å². The number of carboxylic acid groups (broad SMARTS) is 1. The Morgan fingerprint density at radius 1 is 1.19 bits per heavy atom. The lowest BCUT2D eigenvalue weighted by atomic mass is 9.81. The Morgan fingerprint density at radius 2 is 1.89 bits per heavy atom. The first-order valence-corrected chi connectivity index (χ1v) is 12.0. The zero-order valence-corrected chi connectivity index (χ0v) is 21.9. The zero-order valence-electron chi connectivity index (χ0n) is 21.2. The predicted octanol–water partition coefficient (Wildman–Crippen LogP) is 7.15. The van der Waals surface area contributed by atoms with Gasteiger partial charge >= 0.3 is 5.97 Å². The fourth-order valence-corrected chi connectivity index (χ4v) is 4.16. The fourth-order valence-electron chi connectivity index (χ4n) is 4.10. The van der Waals surface area contributed by atoms with Gasteiger partial charge < -0.3 is 9.84 Å². The highest BCUT2D eigenvalue weighted by molar-refractivity contribution is 6.31. The van der Waals surface area contributed by atoms with Crippen molar-refractivity contribution in [3.63, 3.8) is 0 Å². The van der Waals surface area contributed by atoms with E-state index in [4.69, 9.17) is 16.3 Å². The number of halogens is 2. The number of allylic oxidation sites excluding steroid dienone is 5. The molecule has 1 aliphatic heterocycles. The Labute approximate surface area is 216 Å². The highest BCUT2D eigenvalue weighted by Gasteiger charge is 2.37. The number of hydrogen-bond acceptors (Lipinski definition) is 3. The van der Waals surface area contributed by atoms with Gasteiger partial charge in [0, 0.05) is 10.7 Å². The number of fused-ring (bicyclic) bond motifs is 1. The standard InChI is InChI=1S/C29H31ClFNO4/c1-7-22(30)10-8-18(2)32(24-16-20(26(33)34)15-23(31)17-24)27(35)29(5,6)21-9-11-25-19(14-21)12-13-28(3,4)36-25/h7-11,14-17H,1,12-13H2,2-6H3,(H,33,34)/b18-8+,22-10+.